The van der Waals surface area contributed by atoms with Crippen molar-refractivity contribution in [2.24, 2.45) is 0 Å². The largest absolute Gasteiger partial charge is 0.337 e. The Balaban J connectivity index is 0.00000147. The zero-order chi connectivity index (χ0) is 13.2. The third-order valence-electron chi connectivity index (χ3n) is 4.21. The molecule has 1 amide bonds. The van der Waals surface area contributed by atoms with E-state index in [1.165, 1.54) is 18.4 Å². The molecule has 4 heteroatoms. The van der Waals surface area contributed by atoms with E-state index in [0.29, 0.717) is 12.5 Å². The van der Waals surface area contributed by atoms with Crippen LogP contribution in [0.2, 0.25) is 0 Å². The van der Waals surface area contributed by atoms with E-state index in [-0.39, 0.29) is 18.3 Å². The van der Waals surface area contributed by atoms with Gasteiger partial charge in [0.1, 0.15) is 0 Å². The third-order valence-corrected chi connectivity index (χ3v) is 4.21. The lowest BCUT2D eigenvalue weighted by molar-refractivity contribution is -0.133. The highest BCUT2D eigenvalue weighted by molar-refractivity contribution is 5.85. The van der Waals surface area contributed by atoms with Crippen molar-refractivity contribution in [3.63, 3.8) is 0 Å². The fourth-order valence-electron chi connectivity index (χ4n) is 2.81. The molecule has 1 aliphatic carbocycles. The van der Waals surface area contributed by atoms with Crippen LogP contribution in [-0.4, -0.2) is 36.5 Å². The Morgan fingerprint density at radius 2 is 2.00 bits per heavy atom. The number of rotatable bonds is 3. The topological polar surface area (TPSA) is 32.3 Å². The molecular formula is C16H23ClN2O. The van der Waals surface area contributed by atoms with Gasteiger partial charge in [0.15, 0.2) is 0 Å². The molecule has 1 aliphatic heterocycles. The van der Waals surface area contributed by atoms with Gasteiger partial charge in [-0.1, -0.05) is 24.3 Å². The molecule has 0 bridgehead atoms. The van der Waals surface area contributed by atoms with E-state index in [1.54, 1.807) is 0 Å². The maximum atomic E-state index is 12.3. The molecule has 0 radical (unpaired) electrons. The molecule has 1 unspecified atom stereocenters. The Bertz CT molecular complexity index is 456. The van der Waals surface area contributed by atoms with Gasteiger partial charge < -0.3 is 10.2 Å². The molecule has 1 aromatic carbocycles. The Morgan fingerprint density at radius 1 is 1.30 bits per heavy atom. The van der Waals surface area contributed by atoms with E-state index in [9.17, 15) is 4.79 Å². The van der Waals surface area contributed by atoms with Crippen molar-refractivity contribution in [3.8, 4) is 0 Å². The number of piperazine rings is 1. The van der Waals surface area contributed by atoms with Crippen molar-refractivity contribution in [3.05, 3.63) is 35.4 Å². The summed E-state index contributed by atoms with van der Waals surface area (Å²) in [7, 11) is 0. The number of nitrogens with one attached hydrogen (secondary N) is 1. The molecule has 20 heavy (non-hydrogen) atoms. The van der Waals surface area contributed by atoms with Gasteiger partial charge >= 0.3 is 0 Å². The van der Waals surface area contributed by atoms with E-state index in [0.717, 1.165) is 31.1 Å². The number of hydrogen-bond acceptors (Lipinski definition) is 2. The third kappa shape index (κ3) is 3.53. The molecule has 2 fully saturated rings. The van der Waals surface area contributed by atoms with E-state index >= 15 is 0 Å². The van der Waals surface area contributed by atoms with E-state index in [2.05, 4.69) is 36.5 Å². The van der Waals surface area contributed by atoms with Crippen LogP contribution in [0, 0.1) is 0 Å². The summed E-state index contributed by atoms with van der Waals surface area (Å²) < 4.78 is 0. The summed E-state index contributed by atoms with van der Waals surface area (Å²) >= 11 is 0. The van der Waals surface area contributed by atoms with Crippen LogP contribution in [0.15, 0.2) is 24.3 Å². The summed E-state index contributed by atoms with van der Waals surface area (Å²) in [4.78, 5) is 14.3. The Morgan fingerprint density at radius 3 is 2.60 bits per heavy atom. The Labute approximate surface area is 127 Å². The minimum absolute atomic E-state index is 0. The maximum absolute atomic E-state index is 12.3. The average Bonchev–Trinajstić information content (AvgIpc) is 3.24. The lowest BCUT2D eigenvalue weighted by Gasteiger charge is -2.34. The molecule has 0 aromatic heterocycles. The quantitative estimate of drug-likeness (QED) is 0.928. The lowest BCUT2D eigenvalue weighted by Crippen LogP contribution is -2.52. The Kier molecular flexibility index (Phi) is 5.06. The van der Waals surface area contributed by atoms with Gasteiger partial charge in [-0.15, -0.1) is 12.4 Å². The SMILES string of the molecule is CC1CNCCN1C(=O)Cc1ccc(C2CC2)cc1.Cl. The number of halogens is 1. The van der Waals surface area contributed by atoms with Gasteiger partial charge in [-0.05, 0) is 36.8 Å². The predicted octanol–water partition coefficient (Wildman–Crippen LogP) is 2.35. The van der Waals surface area contributed by atoms with Crippen LogP contribution in [0.4, 0.5) is 0 Å². The molecule has 1 saturated carbocycles. The second-order valence-electron chi connectivity index (χ2n) is 5.83. The summed E-state index contributed by atoms with van der Waals surface area (Å²) in [6, 6.07) is 8.95. The van der Waals surface area contributed by atoms with Gasteiger partial charge in [-0.3, -0.25) is 4.79 Å². The number of carbonyl (C=O) groups excluding carboxylic acids is 1. The highest BCUT2D eigenvalue weighted by Crippen LogP contribution is 2.39. The van der Waals surface area contributed by atoms with Crippen molar-refractivity contribution in [1.82, 2.24) is 10.2 Å². The number of carbonyl (C=O) groups is 1. The number of nitrogens with zero attached hydrogens (tertiary/aromatic N) is 1. The van der Waals surface area contributed by atoms with Crippen LogP contribution >= 0.6 is 12.4 Å². The van der Waals surface area contributed by atoms with Crippen LogP contribution in [0.25, 0.3) is 0 Å². The van der Waals surface area contributed by atoms with E-state index < -0.39 is 0 Å². The first-order valence-electron chi connectivity index (χ1n) is 7.33. The van der Waals surface area contributed by atoms with Crippen molar-refractivity contribution >= 4 is 18.3 Å². The average molecular weight is 295 g/mol. The Hall–Kier alpha value is -1.06. The summed E-state index contributed by atoms with van der Waals surface area (Å²) in [6.07, 6.45) is 3.20. The number of hydrogen-bond donors (Lipinski definition) is 1. The smallest absolute Gasteiger partial charge is 0.227 e. The van der Waals surface area contributed by atoms with Gasteiger partial charge in [0.2, 0.25) is 5.91 Å². The molecule has 2 aliphatic rings. The first-order valence-corrected chi connectivity index (χ1v) is 7.33. The molecule has 3 nitrogen and oxygen atoms in total. The van der Waals surface area contributed by atoms with Crippen molar-refractivity contribution < 1.29 is 4.79 Å². The molecular weight excluding hydrogens is 272 g/mol. The molecule has 1 saturated heterocycles. The first-order chi connectivity index (χ1) is 9.24. The minimum Gasteiger partial charge on any atom is -0.337 e. The second kappa shape index (κ2) is 6.59. The molecule has 1 aromatic rings. The summed E-state index contributed by atoms with van der Waals surface area (Å²) in [6.45, 7) is 4.77. The molecule has 0 spiro atoms. The molecule has 1 heterocycles. The summed E-state index contributed by atoms with van der Waals surface area (Å²) in [5, 5.41) is 3.32. The fraction of sp³-hybridized carbons (Fsp3) is 0.562. The second-order valence-corrected chi connectivity index (χ2v) is 5.83. The number of benzene rings is 1. The standard InChI is InChI=1S/C16H22N2O.ClH/c1-12-11-17-8-9-18(12)16(19)10-13-2-4-14(5-3-13)15-6-7-15;/h2-5,12,15,17H,6-11H2,1H3;1H. The monoisotopic (exact) mass is 294 g/mol. The molecule has 3 rings (SSSR count). The van der Waals surface area contributed by atoms with Crippen LogP contribution < -0.4 is 5.32 Å². The van der Waals surface area contributed by atoms with Gasteiger partial charge in [-0.2, -0.15) is 0 Å². The van der Waals surface area contributed by atoms with Gasteiger partial charge in [0.25, 0.3) is 0 Å². The highest BCUT2D eigenvalue weighted by atomic mass is 35.5. The van der Waals surface area contributed by atoms with Gasteiger partial charge in [-0.25, -0.2) is 0 Å². The van der Waals surface area contributed by atoms with Crippen LogP contribution in [-0.2, 0) is 11.2 Å². The van der Waals surface area contributed by atoms with Crippen LogP contribution in [0.5, 0.6) is 0 Å². The molecule has 110 valence electrons. The van der Waals surface area contributed by atoms with E-state index in [1.807, 2.05) is 4.90 Å². The van der Waals surface area contributed by atoms with Gasteiger partial charge in [0, 0.05) is 25.7 Å². The molecule has 1 N–H and O–H groups in total. The van der Waals surface area contributed by atoms with Crippen molar-refractivity contribution in [2.45, 2.75) is 38.1 Å². The van der Waals surface area contributed by atoms with Crippen molar-refractivity contribution in [2.75, 3.05) is 19.6 Å². The van der Waals surface area contributed by atoms with Gasteiger partial charge in [0.05, 0.1) is 6.42 Å². The summed E-state index contributed by atoms with van der Waals surface area (Å²) in [5.41, 5.74) is 2.58. The van der Waals surface area contributed by atoms with Crippen LogP contribution in [0.3, 0.4) is 0 Å². The van der Waals surface area contributed by atoms with E-state index in [4.69, 9.17) is 0 Å². The highest BCUT2D eigenvalue weighted by Gasteiger charge is 2.24. The zero-order valence-electron chi connectivity index (χ0n) is 12.0. The van der Waals surface area contributed by atoms with Crippen molar-refractivity contribution in [1.29, 1.82) is 0 Å². The minimum atomic E-state index is 0. The molecule has 1 atom stereocenters. The zero-order valence-corrected chi connectivity index (χ0v) is 12.8. The lowest BCUT2D eigenvalue weighted by atomic mass is 10.0. The normalized spacial score (nSPS) is 22.2. The fourth-order valence-corrected chi connectivity index (χ4v) is 2.81. The number of amides is 1. The maximum Gasteiger partial charge on any atom is 0.227 e. The van der Waals surface area contributed by atoms with Crippen LogP contribution in [0.1, 0.15) is 36.8 Å². The predicted molar refractivity (Wildman–Crippen MR) is 83.4 cm³/mol. The summed E-state index contributed by atoms with van der Waals surface area (Å²) in [5.74, 6) is 1.05. The first kappa shape index (κ1) is 15.3.